The summed E-state index contributed by atoms with van der Waals surface area (Å²) in [5.41, 5.74) is 1.39. The fourth-order valence-corrected chi connectivity index (χ4v) is 3.74. The van der Waals surface area contributed by atoms with E-state index in [1.54, 1.807) is 24.3 Å². The van der Waals surface area contributed by atoms with Crippen molar-refractivity contribution in [2.24, 2.45) is 0 Å². The minimum atomic E-state index is -0.290. The minimum Gasteiger partial charge on any atom is -0.326 e. The zero-order valence-electron chi connectivity index (χ0n) is 15.0. The second-order valence-corrected chi connectivity index (χ2v) is 7.68. The fourth-order valence-electron chi connectivity index (χ4n) is 2.84. The molecule has 1 atom stereocenters. The normalized spacial score (nSPS) is 14.8. The molecule has 2 N–H and O–H groups in total. The second kappa shape index (κ2) is 8.35. The van der Waals surface area contributed by atoms with Gasteiger partial charge in [0.1, 0.15) is 5.82 Å². The largest absolute Gasteiger partial charge is 0.326 e. The van der Waals surface area contributed by atoms with Crippen LogP contribution in [0.5, 0.6) is 0 Å². The molecular weight excluding hydrogens is 350 g/mol. The van der Waals surface area contributed by atoms with Crippen molar-refractivity contribution in [2.75, 3.05) is 10.6 Å². The van der Waals surface area contributed by atoms with Gasteiger partial charge in [0.25, 0.3) is 0 Å². The van der Waals surface area contributed by atoms with E-state index in [1.165, 1.54) is 25.1 Å². The third-order valence-corrected chi connectivity index (χ3v) is 5.28. The first-order valence-corrected chi connectivity index (χ1v) is 9.68. The molecule has 138 valence electrons. The van der Waals surface area contributed by atoms with Gasteiger partial charge < -0.3 is 15.2 Å². The standard InChI is InChI=1S/C18H23N5O2S/c1-12(26-18-22-21-16-6-4-3-5-11-23(16)18)17(25)20-15-9-7-14(8-10-15)19-13(2)24/h7-10,12H,3-6,11H2,1-2H3,(H,19,24)(H,20,25)/t12-/m0/s1. The predicted molar refractivity (Wildman–Crippen MR) is 102 cm³/mol. The average Bonchev–Trinajstić information content (AvgIpc) is 2.83. The van der Waals surface area contributed by atoms with Crippen LogP contribution in [0.1, 0.15) is 38.9 Å². The summed E-state index contributed by atoms with van der Waals surface area (Å²) in [6, 6.07) is 7.05. The van der Waals surface area contributed by atoms with E-state index in [0.717, 1.165) is 36.8 Å². The summed E-state index contributed by atoms with van der Waals surface area (Å²) in [5, 5.41) is 14.7. The van der Waals surface area contributed by atoms with Crippen molar-refractivity contribution in [3.05, 3.63) is 30.1 Å². The molecule has 7 nitrogen and oxygen atoms in total. The molecule has 0 aliphatic carbocycles. The first-order valence-electron chi connectivity index (χ1n) is 8.80. The Labute approximate surface area is 157 Å². The number of nitrogens with one attached hydrogen (secondary N) is 2. The molecule has 0 saturated heterocycles. The highest BCUT2D eigenvalue weighted by Crippen LogP contribution is 2.26. The highest BCUT2D eigenvalue weighted by Gasteiger charge is 2.21. The molecule has 2 amide bonds. The SMILES string of the molecule is CC(=O)Nc1ccc(NC(=O)[C@H](C)Sc2nnc3n2CCCCC3)cc1. The number of hydrogen-bond donors (Lipinski definition) is 2. The first kappa shape index (κ1) is 18.4. The van der Waals surface area contributed by atoms with Gasteiger partial charge in [-0.15, -0.1) is 10.2 Å². The minimum absolute atomic E-state index is 0.0896. The Morgan fingerprint density at radius 3 is 2.46 bits per heavy atom. The number of carbonyl (C=O) groups excluding carboxylic acids is 2. The molecule has 1 aliphatic heterocycles. The van der Waals surface area contributed by atoms with Crippen LogP contribution in [0, 0.1) is 0 Å². The number of thioether (sulfide) groups is 1. The van der Waals surface area contributed by atoms with E-state index in [9.17, 15) is 9.59 Å². The maximum atomic E-state index is 12.5. The van der Waals surface area contributed by atoms with Crippen LogP contribution in [0.2, 0.25) is 0 Å². The van der Waals surface area contributed by atoms with Crippen LogP contribution in [-0.2, 0) is 22.6 Å². The van der Waals surface area contributed by atoms with E-state index in [0.29, 0.717) is 11.4 Å². The molecule has 0 bridgehead atoms. The Bertz CT molecular complexity index is 787. The molecule has 0 spiro atoms. The average molecular weight is 373 g/mol. The lowest BCUT2D eigenvalue weighted by Gasteiger charge is -2.13. The third kappa shape index (κ3) is 4.63. The van der Waals surface area contributed by atoms with Crippen LogP contribution in [-0.4, -0.2) is 31.8 Å². The van der Waals surface area contributed by atoms with Crippen molar-refractivity contribution in [3.63, 3.8) is 0 Å². The smallest absolute Gasteiger partial charge is 0.237 e. The van der Waals surface area contributed by atoms with Gasteiger partial charge in [-0.3, -0.25) is 9.59 Å². The number of aryl methyl sites for hydroxylation is 1. The molecule has 0 radical (unpaired) electrons. The Morgan fingerprint density at radius 2 is 1.77 bits per heavy atom. The lowest BCUT2D eigenvalue weighted by atomic mass is 10.2. The molecule has 2 aromatic rings. The summed E-state index contributed by atoms with van der Waals surface area (Å²) in [4.78, 5) is 23.5. The van der Waals surface area contributed by atoms with Crippen LogP contribution in [0.4, 0.5) is 11.4 Å². The Hall–Kier alpha value is -2.35. The lowest BCUT2D eigenvalue weighted by Crippen LogP contribution is -2.23. The van der Waals surface area contributed by atoms with E-state index in [4.69, 9.17) is 0 Å². The van der Waals surface area contributed by atoms with Crippen molar-refractivity contribution in [1.29, 1.82) is 0 Å². The molecule has 0 saturated carbocycles. The van der Waals surface area contributed by atoms with Gasteiger partial charge in [0.05, 0.1) is 5.25 Å². The molecule has 8 heteroatoms. The van der Waals surface area contributed by atoms with Gasteiger partial charge in [-0.05, 0) is 44.0 Å². The number of hydrogen-bond acceptors (Lipinski definition) is 5. The van der Waals surface area contributed by atoms with Crippen molar-refractivity contribution >= 4 is 35.0 Å². The maximum absolute atomic E-state index is 12.5. The lowest BCUT2D eigenvalue weighted by molar-refractivity contribution is -0.115. The second-order valence-electron chi connectivity index (χ2n) is 6.37. The molecule has 26 heavy (non-hydrogen) atoms. The van der Waals surface area contributed by atoms with E-state index in [2.05, 4.69) is 25.4 Å². The Morgan fingerprint density at radius 1 is 1.08 bits per heavy atom. The van der Waals surface area contributed by atoms with Gasteiger partial charge in [-0.2, -0.15) is 0 Å². The van der Waals surface area contributed by atoms with Crippen LogP contribution in [0.3, 0.4) is 0 Å². The zero-order chi connectivity index (χ0) is 18.5. The van der Waals surface area contributed by atoms with E-state index < -0.39 is 0 Å². The highest BCUT2D eigenvalue weighted by molar-refractivity contribution is 8.00. The number of fused-ring (bicyclic) bond motifs is 1. The number of carbonyl (C=O) groups is 2. The van der Waals surface area contributed by atoms with E-state index >= 15 is 0 Å². The van der Waals surface area contributed by atoms with Gasteiger partial charge in [0.15, 0.2) is 5.16 Å². The van der Waals surface area contributed by atoms with Gasteiger partial charge in [0, 0.05) is 31.3 Å². The van der Waals surface area contributed by atoms with Crippen LogP contribution < -0.4 is 10.6 Å². The van der Waals surface area contributed by atoms with Crippen molar-refractivity contribution < 1.29 is 9.59 Å². The molecule has 3 rings (SSSR count). The van der Waals surface area contributed by atoms with E-state index in [-0.39, 0.29) is 17.1 Å². The van der Waals surface area contributed by atoms with Gasteiger partial charge in [-0.25, -0.2) is 0 Å². The van der Waals surface area contributed by atoms with E-state index in [1.807, 2.05) is 6.92 Å². The molecule has 1 aromatic heterocycles. The van der Waals surface area contributed by atoms with Crippen molar-refractivity contribution in [3.8, 4) is 0 Å². The summed E-state index contributed by atoms with van der Waals surface area (Å²) in [5.74, 6) is 0.804. The summed E-state index contributed by atoms with van der Waals surface area (Å²) >= 11 is 1.43. The van der Waals surface area contributed by atoms with Gasteiger partial charge >= 0.3 is 0 Å². The predicted octanol–water partition coefficient (Wildman–Crippen LogP) is 3.08. The number of benzene rings is 1. The van der Waals surface area contributed by atoms with Crippen molar-refractivity contribution in [1.82, 2.24) is 14.8 Å². The zero-order valence-corrected chi connectivity index (χ0v) is 15.8. The molecule has 1 aromatic carbocycles. The molecular formula is C18H23N5O2S. The van der Waals surface area contributed by atoms with Gasteiger partial charge in [-0.1, -0.05) is 18.2 Å². The molecule has 0 fully saturated rings. The Balaban J connectivity index is 1.60. The van der Waals surface area contributed by atoms with Crippen LogP contribution >= 0.6 is 11.8 Å². The maximum Gasteiger partial charge on any atom is 0.237 e. The van der Waals surface area contributed by atoms with Crippen molar-refractivity contribution in [2.45, 2.75) is 56.5 Å². The quantitative estimate of drug-likeness (QED) is 0.786. The number of anilines is 2. The monoisotopic (exact) mass is 373 g/mol. The van der Waals surface area contributed by atoms with Crippen LogP contribution in [0.15, 0.2) is 29.4 Å². The molecule has 1 aliphatic rings. The molecule has 0 unspecified atom stereocenters. The fraction of sp³-hybridized carbons (Fsp3) is 0.444. The number of aromatic nitrogens is 3. The first-order chi connectivity index (χ1) is 12.5. The summed E-state index contributed by atoms with van der Waals surface area (Å²) in [6.07, 6.45) is 4.43. The summed E-state index contributed by atoms with van der Waals surface area (Å²) in [7, 11) is 0. The topological polar surface area (TPSA) is 88.9 Å². The van der Waals surface area contributed by atoms with Crippen LogP contribution in [0.25, 0.3) is 0 Å². The number of rotatable bonds is 5. The van der Waals surface area contributed by atoms with Gasteiger partial charge in [0.2, 0.25) is 11.8 Å². The summed E-state index contributed by atoms with van der Waals surface area (Å²) < 4.78 is 2.14. The molecule has 2 heterocycles. The number of amides is 2. The third-order valence-electron chi connectivity index (χ3n) is 4.20. The highest BCUT2D eigenvalue weighted by atomic mass is 32.2. The number of nitrogens with zero attached hydrogens (tertiary/aromatic N) is 3. The Kier molecular flexibility index (Phi) is 5.92. The summed E-state index contributed by atoms with van der Waals surface area (Å²) in [6.45, 7) is 4.24.